The van der Waals surface area contributed by atoms with Crippen molar-refractivity contribution in [2.45, 2.75) is 13.0 Å². The first-order valence-electron chi connectivity index (χ1n) is 5.05. The maximum Gasteiger partial charge on any atom is 0.358 e. The number of carboxylic acids is 1. The fourth-order valence-corrected chi connectivity index (χ4v) is 1.97. The molecule has 2 heterocycles. The van der Waals surface area contributed by atoms with Crippen LogP contribution < -0.4 is 0 Å². The van der Waals surface area contributed by atoms with Crippen LogP contribution in [0.2, 0.25) is 0 Å². The molecule has 0 unspecified atom stereocenters. The summed E-state index contributed by atoms with van der Waals surface area (Å²) in [4.78, 5) is 11.8. The highest BCUT2D eigenvalue weighted by molar-refractivity contribution is 7.09. The van der Waals surface area contributed by atoms with Crippen LogP contribution in [-0.4, -0.2) is 22.8 Å². The fraction of sp³-hybridized carbons (Fsp3) is 0.273. The Morgan fingerprint density at radius 2 is 2.47 bits per heavy atom. The number of rotatable bonds is 6. The number of aromatic carboxylic acids is 1. The Bertz CT molecular complexity index is 477. The molecule has 0 saturated carbocycles. The molecular formula is C11H11NO4S. The van der Waals surface area contributed by atoms with Gasteiger partial charge in [0.15, 0.2) is 11.5 Å². The van der Waals surface area contributed by atoms with Gasteiger partial charge in [0.2, 0.25) is 0 Å². The smallest absolute Gasteiger partial charge is 0.358 e. The van der Waals surface area contributed by atoms with Crippen molar-refractivity contribution in [2.24, 2.45) is 0 Å². The number of nitrogens with zero attached hydrogens (tertiary/aromatic N) is 1. The molecule has 2 rings (SSSR count). The first-order chi connectivity index (χ1) is 8.25. The zero-order valence-electron chi connectivity index (χ0n) is 8.96. The minimum atomic E-state index is -1.10. The van der Waals surface area contributed by atoms with Crippen molar-refractivity contribution in [1.82, 2.24) is 5.16 Å². The van der Waals surface area contributed by atoms with Crippen molar-refractivity contribution in [3.63, 3.8) is 0 Å². The van der Waals surface area contributed by atoms with E-state index in [0.717, 1.165) is 6.42 Å². The van der Waals surface area contributed by atoms with Crippen LogP contribution in [0.5, 0.6) is 0 Å². The Morgan fingerprint density at radius 1 is 1.59 bits per heavy atom. The molecule has 0 aliphatic carbocycles. The van der Waals surface area contributed by atoms with E-state index in [1.807, 2.05) is 17.5 Å². The Kier molecular flexibility index (Phi) is 3.89. The van der Waals surface area contributed by atoms with Gasteiger partial charge in [-0.2, -0.15) is 0 Å². The van der Waals surface area contributed by atoms with Crippen molar-refractivity contribution >= 4 is 17.3 Å². The predicted octanol–water partition coefficient (Wildman–Crippen LogP) is 2.19. The van der Waals surface area contributed by atoms with Crippen molar-refractivity contribution in [1.29, 1.82) is 0 Å². The summed E-state index contributed by atoms with van der Waals surface area (Å²) in [7, 11) is 0. The van der Waals surface area contributed by atoms with Crippen LogP contribution in [0.4, 0.5) is 0 Å². The van der Waals surface area contributed by atoms with Gasteiger partial charge in [-0.05, 0) is 11.4 Å². The lowest BCUT2D eigenvalue weighted by molar-refractivity contribution is 0.0684. The molecule has 0 aliphatic rings. The maximum absolute atomic E-state index is 10.5. The average molecular weight is 253 g/mol. The van der Waals surface area contributed by atoms with Gasteiger partial charge >= 0.3 is 5.97 Å². The quantitative estimate of drug-likeness (QED) is 0.799. The van der Waals surface area contributed by atoms with E-state index in [0.29, 0.717) is 12.4 Å². The minimum absolute atomic E-state index is 0.0955. The topological polar surface area (TPSA) is 72.6 Å². The molecule has 17 heavy (non-hydrogen) atoms. The molecule has 2 aromatic rings. The van der Waals surface area contributed by atoms with Crippen LogP contribution in [0, 0.1) is 0 Å². The van der Waals surface area contributed by atoms with Crippen LogP contribution in [0.1, 0.15) is 21.1 Å². The number of carbonyl (C=O) groups is 1. The van der Waals surface area contributed by atoms with Crippen LogP contribution in [0.25, 0.3) is 0 Å². The summed E-state index contributed by atoms with van der Waals surface area (Å²) >= 11 is 1.68. The standard InChI is InChI=1S/C11H11NO4S/c13-11(14)10-6-8(16-12-10)7-15-4-3-9-2-1-5-17-9/h1-2,5-6H,3-4,7H2,(H,13,14). The van der Waals surface area contributed by atoms with Crippen LogP contribution in [-0.2, 0) is 17.8 Å². The van der Waals surface area contributed by atoms with E-state index in [1.165, 1.54) is 10.9 Å². The second kappa shape index (κ2) is 5.60. The SMILES string of the molecule is O=C(O)c1cc(COCCc2cccs2)on1. The molecule has 1 N–H and O–H groups in total. The van der Waals surface area contributed by atoms with Crippen molar-refractivity contribution < 1.29 is 19.2 Å². The van der Waals surface area contributed by atoms with E-state index in [2.05, 4.69) is 5.16 Å². The molecule has 90 valence electrons. The molecule has 0 bridgehead atoms. The molecule has 0 aliphatic heterocycles. The summed E-state index contributed by atoms with van der Waals surface area (Å²) in [5.74, 6) is -0.674. The van der Waals surface area contributed by atoms with Crippen molar-refractivity contribution in [3.05, 3.63) is 39.9 Å². The summed E-state index contributed by atoms with van der Waals surface area (Å²) in [5, 5.41) is 14.0. The zero-order chi connectivity index (χ0) is 12.1. The summed E-state index contributed by atoms with van der Waals surface area (Å²) in [6.45, 7) is 0.815. The number of ether oxygens (including phenoxy) is 1. The first-order valence-corrected chi connectivity index (χ1v) is 5.92. The second-order valence-electron chi connectivity index (χ2n) is 3.37. The summed E-state index contributed by atoms with van der Waals surface area (Å²) in [5.41, 5.74) is -0.0955. The molecule has 0 atom stereocenters. The predicted molar refractivity (Wildman–Crippen MR) is 61.1 cm³/mol. The largest absolute Gasteiger partial charge is 0.476 e. The summed E-state index contributed by atoms with van der Waals surface area (Å²) in [6.07, 6.45) is 0.845. The number of aromatic nitrogens is 1. The van der Waals surface area contributed by atoms with Crippen LogP contribution in [0.3, 0.4) is 0 Å². The summed E-state index contributed by atoms with van der Waals surface area (Å²) in [6, 6.07) is 5.41. The van der Waals surface area contributed by atoms with Gasteiger partial charge in [0.05, 0.1) is 6.61 Å². The average Bonchev–Trinajstić information content (AvgIpc) is 2.96. The Morgan fingerprint density at radius 3 is 3.12 bits per heavy atom. The Hall–Kier alpha value is -1.66. The van der Waals surface area contributed by atoms with Gasteiger partial charge in [0, 0.05) is 17.4 Å². The van der Waals surface area contributed by atoms with E-state index in [1.54, 1.807) is 11.3 Å². The molecule has 0 fully saturated rings. The molecule has 6 heteroatoms. The molecule has 0 spiro atoms. The monoisotopic (exact) mass is 253 g/mol. The van der Waals surface area contributed by atoms with E-state index < -0.39 is 5.97 Å². The lowest BCUT2D eigenvalue weighted by Gasteiger charge is -1.99. The molecule has 0 radical (unpaired) electrons. The number of hydrogen-bond donors (Lipinski definition) is 1. The highest BCUT2D eigenvalue weighted by Crippen LogP contribution is 2.10. The molecule has 0 saturated heterocycles. The number of hydrogen-bond acceptors (Lipinski definition) is 5. The lowest BCUT2D eigenvalue weighted by Crippen LogP contribution is -1.97. The van der Waals surface area contributed by atoms with Gasteiger partial charge in [-0.15, -0.1) is 11.3 Å². The lowest BCUT2D eigenvalue weighted by atomic mass is 10.3. The molecule has 0 aromatic carbocycles. The van der Waals surface area contributed by atoms with Crippen LogP contribution >= 0.6 is 11.3 Å². The fourth-order valence-electron chi connectivity index (χ4n) is 1.28. The number of thiophene rings is 1. The molecule has 2 aromatic heterocycles. The third-order valence-corrected chi connectivity index (χ3v) is 3.03. The van der Waals surface area contributed by atoms with E-state index >= 15 is 0 Å². The molecular weight excluding hydrogens is 242 g/mol. The summed E-state index contributed by atoms with van der Waals surface area (Å²) < 4.78 is 10.2. The minimum Gasteiger partial charge on any atom is -0.476 e. The Balaban J connectivity index is 1.72. The zero-order valence-corrected chi connectivity index (χ0v) is 9.77. The maximum atomic E-state index is 10.5. The Labute approximate surface area is 102 Å². The molecule has 5 nitrogen and oxygen atoms in total. The normalized spacial score (nSPS) is 10.6. The van der Waals surface area contributed by atoms with Crippen molar-refractivity contribution in [3.8, 4) is 0 Å². The van der Waals surface area contributed by atoms with Gasteiger partial charge in [0.1, 0.15) is 6.61 Å². The van der Waals surface area contributed by atoms with E-state index in [9.17, 15) is 4.79 Å². The van der Waals surface area contributed by atoms with E-state index in [4.69, 9.17) is 14.4 Å². The van der Waals surface area contributed by atoms with Crippen molar-refractivity contribution in [2.75, 3.05) is 6.61 Å². The highest BCUT2D eigenvalue weighted by atomic mass is 32.1. The van der Waals surface area contributed by atoms with Gasteiger partial charge in [0.25, 0.3) is 0 Å². The van der Waals surface area contributed by atoms with E-state index in [-0.39, 0.29) is 12.3 Å². The highest BCUT2D eigenvalue weighted by Gasteiger charge is 2.10. The van der Waals surface area contributed by atoms with Gasteiger partial charge in [-0.3, -0.25) is 0 Å². The first kappa shape index (κ1) is 11.8. The second-order valence-corrected chi connectivity index (χ2v) is 4.40. The van der Waals surface area contributed by atoms with Gasteiger partial charge in [-0.25, -0.2) is 4.79 Å². The third kappa shape index (κ3) is 3.40. The number of carboxylic acid groups (broad SMARTS) is 1. The van der Waals surface area contributed by atoms with Gasteiger partial charge < -0.3 is 14.4 Å². The van der Waals surface area contributed by atoms with Gasteiger partial charge in [-0.1, -0.05) is 11.2 Å². The molecule has 0 amide bonds. The van der Waals surface area contributed by atoms with Crippen LogP contribution in [0.15, 0.2) is 28.1 Å². The third-order valence-electron chi connectivity index (χ3n) is 2.10.